The molecule has 8 heteroatoms. The van der Waals surface area contributed by atoms with Crippen LogP contribution in [0.4, 0.5) is 15.6 Å². The summed E-state index contributed by atoms with van der Waals surface area (Å²) in [6, 6.07) is 9.13. The Kier molecular flexibility index (Phi) is 5.05. The minimum atomic E-state index is -0.232. The number of carbonyl (C=O) groups is 2. The highest BCUT2D eigenvalue weighted by atomic mass is 32.1. The maximum atomic E-state index is 12.4. The van der Waals surface area contributed by atoms with Crippen LogP contribution in [-0.2, 0) is 4.79 Å². The molecule has 1 atom stereocenters. The average molecular weight is 345 g/mol. The van der Waals surface area contributed by atoms with Crippen molar-refractivity contribution in [2.75, 3.05) is 23.7 Å². The summed E-state index contributed by atoms with van der Waals surface area (Å²) in [6.45, 7) is 2.90. The lowest BCUT2D eigenvalue weighted by molar-refractivity contribution is -0.121. The summed E-state index contributed by atoms with van der Waals surface area (Å²) in [6.07, 6.45) is 1.56. The third-order valence-electron chi connectivity index (χ3n) is 3.86. The summed E-state index contributed by atoms with van der Waals surface area (Å²) < 4.78 is 0. The zero-order chi connectivity index (χ0) is 16.9. The van der Waals surface area contributed by atoms with E-state index in [0.29, 0.717) is 18.2 Å². The van der Waals surface area contributed by atoms with Crippen molar-refractivity contribution in [3.05, 3.63) is 35.3 Å². The van der Waals surface area contributed by atoms with Gasteiger partial charge in [-0.1, -0.05) is 29.5 Å². The average Bonchev–Trinajstić information content (AvgIpc) is 3.00. The second-order valence-electron chi connectivity index (χ2n) is 5.70. The van der Waals surface area contributed by atoms with Crippen LogP contribution in [0.25, 0.3) is 0 Å². The SMILES string of the molecule is Cc1nnc(NC(=O)C2CCCN(C(=O)Nc3ccccc3)C2)s1. The van der Waals surface area contributed by atoms with Crippen LogP contribution in [0.3, 0.4) is 0 Å². The molecular formula is C16H19N5O2S. The molecule has 2 aromatic rings. The lowest BCUT2D eigenvalue weighted by atomic mass is 9.97. The number of amides is 3. The van der Waals surface area contributed by atoms with Gasteiger partial charge < -0.3 is 15.5 Å². The van der Waals surface area contributed by atoms with Crippen molar-refractivity contribution in [2.24, 2.45) is 5.92 Å². The summed E-state index contributed by atoms with van der Waals surface area (Å²) in [5.41, 5.74) is 0.749. The third-order valence-corrected chi connectivity index (χ3v) is 4.61. The van der Waals surface area contributed by atoms with E-state index >= 15 is 0 Å². The number of hydrogen-bond donors (Lipinski definition) is 2. The molecule has 2 N–H and O–H groups in total. The molecule has 0 aliphatic carbocycles. The predicted molar refractivity (Wildman–Crippen MR) is 93.0 cm³/mol. The van der Waals surface area contributed by atoms with Crippen molar-refractivity contribution in [3.8, 4) is 0 Å². The Morgan fingerprint density at radius 2 is 2.00 bits per heavy atom. The molecular weight excluding hydrogens is 326 g/mol. The van der Waals surface area contributed by atoms with Crippen LogP contribution in [0, 0.1) is 12.8 Å². The number of rotatable bonds is 3. The van der Waals surface area contributed by atoms with E-state index in [0.717, 1.165) is 23.5 Å². The van der Waals surface area contributed by atoms with E-state index in [1.165, 1.54) is 11.3 Å². The van der Waals surface area contributed by atoms with Gasteiger partial charge in [0.05, 0.1) is 5.92 Å². The molecule has 0 spiro atoms. The van der Waals surface area contributed by atoms with Gasteiger partial charge in [-0.05, 0) is 31.9 Å². The van der Waals surface area contributed by atoms with Crippen LogP contribution < -0.4 is 10.6 Å². The quantitative estimate of drug-likeness (QED) is 0.895. The number of carbonyl (C=O) groups excluding carboxylic acids is 2. The molecule has 7 nitrogen and oxygen atoms in total. The summed E-state index contributed by atoms with van der Waals surface area (Å²) >= 11 is 1.34. The molecule has 1 aromatic heterocycles. The molecule has 1 aliphatic rings. The fourth-order valence-electron chi connectivity index (χ4n) is 2.65. The molecule has 1 saturated heterocycles. The van der Waals surface area contributed by atoms with E-state index < -0.39 is 0 Å². The van der Waals surface area contributed by atoms with Crippen molar-refractivity contribution in [1.29, 1.82) is 0 Å². The molecule has 1 unspecified atom stereocenters. The van der Waals surface area contributed by atoms with Gasteiger partial charge in [0.1, 0.15) is 5.01 Å². The zero-order valence-corrected chi connectivity index (χ0v) is 14.2. The second kappa shape index (κ2) is 7.39. The molecule has 0 saturated carbocycles. The highest BCUT2D eigenvalue weighted by Crippen LogP contribution is 2.21. The molecule has 1 aliphatic heterocycles. The standard InChI is InChI=1S/C16H19N5O2S/c1-11-19-20-15(24-11)18-14(22)12-6-5-9-21(10-12)16(23)17-13-7-3-2-4-8-13/h2-4,7-8,12H,5-6,9-10H2,1H3,(H,17,23)(H,18,20,22). The number of hydrogen-bond acceptors (Lipinski definition) is 5. The molecule has 24 heavy (non-hydrogen) atoms. The summed E-state index contributed by atoms with van der Waals surface area (Å²) in [5, 5.41) is 14.7. The Morgan fingerprint density at radius 1 is 1.21 bits per heavy atom. The van der Waals surface area contributed by atoms with Gasteiger partial charge in [0.2, 0.25) is 11.0 Å². The fraction of sp³-hybridized carbons (Fsp3) is 0.375. The molecule has 126 valence electrons. The van der Waals surface area contributed by atoms with Crippen LogP contribution in [0.5, 0.6) is 0 Å². The largest absolute Gasteiger partial charge is 0.324 e. The molecule has 3 rings (SSSR count). The van der Waals surface area contributed by atoms with Crippen LogP contribution >= 0.6 is 11.3 Å². The molecule has 1 aromatic carbocycles. The van der Waals surface area contributed by atoms with E-state index in [-0.39, 0.29) is 17.9 Å². The molecule has 3 amide bonds. The summed E-state index contributed by atoms with van der Waals surface area (Å²) in [7, 11) is 0. The van der Waals surface area contributed by atoms with Crippen LogP contribution in [0.1, 0.15) is 17.8 Å². The number of para-hydroxylation sites is 1. The molecule has 1 fully saturated rings. The Hall–Kier alpha value is -2.48. The van der Waals surface area contributed by atoms with E-state index in [4.69, 9.17) is 0 Å². The first-order chi connectivity index (χ1) is 11.6. The van der Waals surface area contributed by atoms with E-state index in [2.05, 4.69) is 20.8 Å². The molecule has 2 heterocycles. The van der Waals surface area contributed by atoms with Crippen molar-refractivity contribution < 1.29 is 9.59 Å². The van der Waals surface area contributed by atoms with Crippen LogP contribution in [-0.4, -0.2) is 40.1 Å². The van der Waals surface area contributed by atoms with E-state index in [1.807, 2.05) is 37.3 Å². The first-order valence-electron chi connectivity index (χ1n) is 7.84. The lowest BCUT2D eigenvalue weighted by Gasteiger charge is -2.31. The first kappa shape index (κ1) is 16.4. The number of benzene rings is 1. The minimum absolute atomic E-state index is 0.108. The Labute approximate surface area is 144 Å². The Bertz CT molecular complexity index is 718. The molecule has 0 bridgehead atoms. The van der Waals surface area contributed by atoms with E-state index in [1.54, 1.807) is 4.90 Å². The van der Waals surface area contributed by atoms with Gasteiger partial charge in [-0.3, -0.25) is 4.79 Å². The van der Waals surface area contributed by atoms with Gasteiger partial charge in [-0.2, -0.15) is 0 Å². The number of urea groups is 1. The normalized spacial score (nSPS) is 17.4. The van der Waals surface area contributed by atoms with Gasteiger partial charge in [-0.25, -0.2) is 4.79 Å². The summed E-state index contributed by atoms with van der Waals surface area (Å²) in [5.74, 6) is -0.340. The summed E-state index contributed by atoms with van der Waals surface area (Å²) in [4.78, 5) is 26.4. The predicted octanol–water partition coefficient (Wildman–Crippen LogP) is 2.73. The smallest absolute Gasteiger partial charge is 0.321 e. The monoisotopic (exact) mass is 345 g/mol. The lowest BCUT2D eigenvalue weighted by Crippen LogP contribution is -2.45. The van der Waals surface area contributed by atoms with Crippen molar-refractivity contribution in [3.63, 3.8) is 0 Å². The number of anilines is 2. The van der Waals surface area contributed by atoms with Crippen molar-refractivity contribution in [1.82, 2.24) is 15.1 Å². The maximum Gasteiger partial charge on any atom is 0.321 e. The molecule has 0 radical (unpaired) electrons. The number of piperidine rings is 1. The van der Waals surface area contributed by atoms with Gasteiger partial charge in [0.25, 0.3) is 0 Å². The number of aromatic nitrogens is 2. The van der Waals surface area contributed by atoms with Crippen molar-refractivity contribution >= 4 is 34.1 Å². The number of likely N-dealkylation sites (tertiary alicyclic amines) is 1. The third kappa shape index (κ3) is 4.08. The fourth-order valence-corrected chi connectivity index (χ4v) is 3.25. The van der Waals surface area contributed by atoms with Gasteiger partial charge in [0.15, 0.2) is 0 Å². The Balaban J connectivity index is 1.57. The number of nitrogens with zero attached hydrogens (tertiary/aromatic N) is 3. The Morgan fingerprint density at radius 3 is 2.71 bits per heavy atom. The van der Waals surface area contributed by atoms with Gasteiger partial charge in [0, 0.05) is 18.8 Å². The van der Waals surface area contributed by atoms with E-state index in [9.17, 15) is 9.59 Å². The first-order valence-corrected chi connectivity index (χ1v) is 8.65. The topological polar surface area (TPSA) is 87.2 Å². The van der Waals surface area contributed by atoms with Crippen LogP contribution in [0.2, 0.25) is 0 Å². The van der Waals surface area contributed by atoms with Gasteiger partial charge in [-0.15, -0.1) is 10.2 Å². The zero-order valence-electron chi connectivity index (χ0n) is 13.4. The maximum absolute atomic E-state index is 12.4. The minimum Gasteiger partial charge on any atom is -0.324 e. The highest BCUT2D eigenvalue weighted by Gasteiger charge is 2.29. The van der Waals surface area contributed by atoms with Crippen LogP contribution in [0.15, 0.2) is 30.3 Å². The van der Waals surface area contributed by atoms with Crippen molar-refractivity contribution in [2.45, 2.75) is 19.8 Å². The number of aryl methyl sites for hydroxylation is 1. The van der Waals surface area contributed by atoms with Gasteiger partial charge >= 0.3 is 6.03 Å². The number of nitrogens with one attached hydrogen (secondary N) is 2. The highest BCUT2D eigenvalue weighted by molar-refractivity contribution is 7.15. The second-order valence-corrected chi connectivity index (χ2v) is 6.88.